The van der Waals surface area contributed by atoms with Crippen molar-refractivity contribution in [3.05, 3.63) is 0 Å². The summed E-state index contributed by atoms with van der Waals surface area (Å²) in [6, 6.07) is 0. The summed E-state index contributed by atoms with van der Waals surface area (Å²) in [6.45, 7) is 11.4. The molecule has 0 unspecified atom stereocenters. The lowest BCUT2D eigenvalue weighted by Gasteiger charge is -2.43. The van der Waals surface area contributed by atoms with Gasteiger partial charge in [-0.2, -0.15) is 0 Å². The molecule has 20 heavy (non-hydrogen) atoms. The van der Waals surface area contributed by atoms with E-state index in [4.69, 9.17) is 4.74 Å². The Labute approximate surface area is 122 Å². The molecule has 2 heterocycles. The lowest BCUT2D eigenvalue weighted by Crippen LogP contribution is -2.56. The van der Waals surface area contributed by atoms with E-state index in [1.165, 1.54) is 0 Å². The van der Waals surface area contributed by atoms with Crippen molar-refractivity contribution in [3.8, 4) is 0 Å². The van der Waals surface area contributed by atoms with Gasteiger partial charge in [0, 0.05) is 39.3 Å². The molecule has 0 aliphatic carbocycles. The Morgan fingerprint density at radius 1 is 1.10 bits per heavy atom. The minimum atomic E-state index is -0.240. The molecular formula is C15H29N3O2. The first-order valence-corrected chi connectivity index (χ1v) is 7.60. The Bertz CT molecular complexity index is 343. The van der Waals surface area contributed by atoms with Gasteiger partial charge in [-0.25, -0.2) is 0 Å². The van der Waals surface area contributed by atoms with Crippen molar-refractivity contribution < 1.29 is 9.53 Å². The van der Waals surface area contributed by atoms with Crippen LogP contribution < -0.4 is 0 Å². The van der Waals surface area contributed by atoms with Crippen LogP contribution in [0.2, 0.25) is 0 Å². The highest BCUT2D eigenvalue weighted by atomic mass is 16.5. The molecule has 0 saturated carbocycles. The highest BCUT2D eigenvalue weighted by molar-refractivity contribution is 5.79. The van der Waals surface area contributed by atoms with E-state index in [2.05, 4.69) is 37.7 Å². The topological polar surface area (TPSA) is 36.0 Å². The number of nitrogens with zero attached hydrogens (tertiary/aromatic N) is 3. The second kappa shape index (κ2) is 6.00. The van der Waals surface area contributed by atoms with Gasteiger partial charge in [-0.05, 0) is 34.9 Å². The van der Waals surface area contributed by atoms with Crippen LogP contribution in [-0.2, 0) is 9.53 Å². The largest absolute Gasteiger partial charge is 0.369 e. The van der Waals surface area contributed by atoms with E-state index < -0.39 is 0 Å². The van der Waals surface area contributed by atoms with Gasteiger partial charge in [0.1, 0.15) is 0 Å². The van der Waals surface area contributed by atoms with Crippen molar-refractivity contribution in [3.63, 3.8) is 0 Å². The zero-order valence-electron chi connectivity index (χ0n) is 13.6. The number of rotatable bonds is 1. The summed E-state index contributed by atoms with van der Waals surface area (Å²) < 4.78 is 5.89. The number of hydrogen-bond donors (Lipinski definition) is 0. The van der Waals surface area contributed by atoms with E-state index in [9.17, 15) is 4.79 Å². The van der Waals surface area contributed by atoms with Crippen molar-refractivity contribution in [1.29, 1.82) is 0 Å². The summed E-state index contributed by atoms with van der Waals surface area (Å²) in [4.78, 5) is 19.4. The molecule has 1 atom stereocenters. The van der Waals surface area contributed by atoms with E-state index in [-0.39, 0.29) is 23.5 Å². The van der Waals surface area contributed by atoms with Gasteiger partial charge in [0.25, 0.3) is 0 Å². The standard InChI is InChI=1S/C15H29N3O2/c1-12-8-18(11-15(2,3)20-12)14(19)13-9-16(4)6-7-17(5)10-13/h12-13H,6-11H2,1-5H3/t12-/m1/s1. The molecule has 0 radical (unpaired) electrons. The fraction of sp³-hybridized carbons (Fsp3) is 0.933. The van der Waals surface area contributed by atoms with Crippen LogP contribution in [0.15, 0.2) is 0 Å². The Morgan fingerprint density at radius 3 is 2.15 bits per heavy atom. The fourth-order valence-corrected chi connectivity index (χ4v) is 3.37. The van der Waals surface area contributed by atoms with Gasteiger partial charge in [0.2, 0.25) is 5.91 Å². The first-order chi connectivity index (χ1) is 9.27. The van der Waals surface area contributed by atoms with Gasteiger partial charge in [-0.3, -0.25) is 4.79 Å². The molecule has 5 nitrogen and oxygen atoms in total. The van der Waals surface area contributed by atoms with Crippen molar-refractivity contribution in [1.82, 2.24) is 14.7 Å². The van der Waals surface area contributed by atoms with Crippen molar-refractivity contribution in [2.75, 3.05) is 53.4 Å². The van der Waals surface area contributed by atoms with Crippen LogP contribution in [-0.4, -0.2) is 85.7 Å². The van der Waals surface area contributed by atoms with Crippen LogP contribution >= 0.6 is 0 Å². The van der Waals surface area contributed by atoms with Gasteiger partial charge in [0.15, 0.2) is 0 Å². The highest BCUT2D eigenvalue weighted by Crippen LogP contribution is 2.23. The van der Waals surface area contributed by atoms with E-state index in [1.54, 1.807) is 0 Å². The third-order valence-electron chi connectivity index (χ3n) is 4.16. The second-order valence-electron chi connectivity index (χ2n) is 7.13. The first kappa shape index (κ1) is 15.7. The molecule has 0 aromatic carbocycles. The molecule has 116 valence electrons. The van der Waals surface area contributed by atoms with Crippen LogP contribution in [0.3, 0.4) is 0 Å². The number of carbonyl (C=O) groups excluding carboxylic acids is 1. The third kappa shape index (κ3) is 3.93. The monoisotopic (exact) mass is 283 g/mol. The predicted molar refractivity (Wildman–Crippen MR) is 79.7 cm³/mol. The SMILES string of the molecule is C[C@@H]1CN(C(=O)C2CN(C)CCN(C)C2)CC(C)(C)O1. The number of hydrogen-bond acceptors (Lipinski definition) is 4. The number of ether oxygens (including phenoxy) is 1. The van der Waals surface area contributed by atoms with Crippen LogP contribution in [0.25, 0.3) is 0 Å². The summed E-state index contributed by atoms with van der Waals surface area (Å²) in [5.41, 5.74) is -0.240. The zero-order chi connectivity index (χ0) is 14.9. The molecular weight excluding hydrogens is 254 g/mol. The van der Waals surface area contributed by atoms with E-state index >= 15 is 0 Å². The van der Waals surface area contributed by atoms with Crippen LogP contribution in [0.5, 0.6) is 0 Å². The number of morpholine rings is 1. The minimum absolute atomic E-state index is 0.0774. The Hall–Kier alpha value is -0.650. The second-order valence-corrected chi connectivity index (χ2v) is 7.13. The first-order valence-electron chi connectivity index (χ1n) is 7.60. The van der Waals surface area contributed by atoms with Crippen LogP contribution in [0, 0.1) is 5.92 Å². The van der Waals surface area contributed by atoms with Gasteiger partial charge in [-0.15, -0.1) is 0 Å². The molecule has 0 N–H and O–H groups in total. The molecule has 0 spiro atoms. The average Bonchev–Trinajstić information content (AvgIpc) is 2.48. The summed E-state index contributed by atoms with van der Waals surface area (Å²) in [5, 5.41) is 0. The molecule has 1 amide bonds. The summed E-state index contributed by atoms with van der Waals surface area (Å²) in [5.74, 6) is 0.363. The molecule has 5 heteroatoms. The fourth-order valence-electron chi connectivity index (χ4n) is 3.37. The number of carbonyl (C=O) groups is 1. The Kier molecular flexibility index (Phi) is 4.72. The molecule has 2 rings (SSSR count). The van der Waals surface area contributed by atoms with Crippen LogP contribution in [0.1, 0.15) is 20.8 Å². The van der Waals surface area contributed by atoms with Crippen molar-refractivity contribution in [2.45, 2.75) is 32.5 Å². The molecule has 2 fully saturated rings. The number of likely N-dealkylation sites (N-methyl/N-ethyl adjacent to an activating group) is 2. The summed E-state index contributed by atoms with van der Waals surface area (Å²) in [6.07, 6.45) is 0.115. The predicted octanol–water partition coefficient (Wildman–Crippen LogP) is 0.506. The molecule has 2 aliphatic heterocycles. The number of amides is 1. The normalized spacial score (nSPS) is 30.2. The highest BCUT2D eigenvalue weighted by Gasteiger charge is 2.37. The van der Waals surface area contributed by atoms with E-state index in [1.807, 2.05) is 11.8 Å². The van der Waals surface area contributed by atoms with Gasteiger partial charge in [-0.1, -0.05) is 0 Å². The summed E-state index contributed by atoms with van der Waals surface area (Å²) in [7, 11) is 4.20. The van der Waals surface area contributed by atoms with E-state index in [0.29, 0.717) is 13.1 Å². The van der Waals surface area contributed by atoms with Gasteiger partial charge < -0.3 is 19.4 Å². The summed E-state index contributed by atoms with van der Waals surface area (Å²) >= 11 is 0. The average molecular weight is 283 g/mol. The van der Waals surface area contributed by atoms with E-state index in [0.717, 1.165) is 26.2 Å². The quantitative estimate of drug-likeness (QED) is 0.702. The van der Waals surface area contributed by atoms with Crippen LogP contribution in [0.4, 0.5) is 0 Å². The Balaban J connectivity index is 2.05. The van der Waals surface area contributed by atoms with Gasteiger partial charge in [0.05, 0.1) is 17.6 Å². The lowest BCUT2D eigenvalue weighted by atomic mass is 10.0. The van der Waals surface area contributed by atoms with Crippen molar-refractivity contribution in [2.24, 2.45) is 5.92 Å². The van der Waals surface area contributed by atoms with Crippen molar-refractivity contribution >= 4 is 5.91 Å². The zero-order valence-corrected chi connectivity index (χ0v) is 13.6. The smallest absolute Gasteiger partial charge is 0.228 e. The maximum atomic E-state index is 12.8. The molecule has 0 bridgehead atoms. The maximum Gasteiger partial charge on any atom is 0.228 e. The maximum absolute atomic E-state index is 12.8. The molecule has 2 saturated heterocycles. The molecule has 0 aromatic rings. The third-order valence-corrected chi connectivity index (χ3v) is 4.16. The lowest BCUT2D eigenvalue weighted by molar-refractivity contribution is -0.162. The van der Waals surface area contributed by atoms with Gasteiger partial charge >= 0.3 is 0 Å². The Morgan fingerprint density at radius 2 is 1.65 bits per heavy atom. The molecule has 0 aromatic heterocycles. The minimum Gasteiger partial charge on any atom is -0.369 e. The molecule has 2 aliphatic rings.